The lowest BCUT2D eigenvalue weighted by molar-refractivity contribution is -0.114. The molecule has 108 valence electrons. The smallest absolute Gasteiger partial charge is 0.318 e. The van der Waals surface area contributed by atoms with Gasteiger partial charge in [-0.25, -0.2) is 9.40 Å². The average molecular weight is 307 g/mol. The molecule has 2 rings (SSSR count). The number of nitrogens with zero attached hydrogens (tertiary/aromatic N) is 3. The van der Waals surface area contributed by atoms with Crippen LogP contribution >= 0.6 is 11.6 Å². The zero-order valence-corrected chi connectivity index (χ0v) is 11.0. The third-order valence-electron chi connectivity index (χ3n) is 2.81. The predicted molar refractivity (Wildman–Crippen MR) is 69.1 cm³/mol. The maximum absolute atomic E-state index is 13.9. The Kier molecular flexibility index (Phi) is 3.76. The summed E-state index contributed by atoms with van der Waals surface area (Å²) in [5, 5.41) is 4.60. The Morgan fingerprint density at radius 2 is 2.15 bits per heavy atom. The molecule has 2 N–H and O–H groups in total. The molecule has 1 aromatic rings. The fraction of sp³-hybridized carbons (Fsp3) is 0.273. The van der Waals surface area contributed by atoms with Gasteiger partial charge in [-0.1, -0.05) is 11.6 Å². The molecule has 5 nitrogen and oxygen atoms in total. The number of hydrazone groups is 1. The molecule has 1 aliphatic rings. The first kappa shape index (κ1) is 14.4. The van der Waals surface area contributed by atoms with E-state index in [0.717, 1.165) is 17.1 Å². The molecule has 0 radical (unpaired) electrons. The van der Waals surface area contributed by atoms with Crippen LogP contribution in [0.15, 0.2) is 17.2 Å². The normalized spacial score (nSPS) is 18.7. The fourth-order valence-electron chi connectivity index (χ4n) is 1.88. The van der Waals surface area contributed by atoms with Crippen molar-refractivity contribution in [2.45, 2.75) is 19.6 Å². The molecule has 0 aliphatic carbocycles. The first-order valence-corrected chi connectivity index (χ1v) is 5.85. The lowest BCUT2D eigenvalue weighted by Gasteiger charge is -2.26. The molecule has 9 heteroatoms. The maximum Gasteiger partial charge on any atom is 0.318 e. The van der Waals surface area contributed by atoms with E-state index in [4.69, 9.17) is 17.3 Å². The molecule has 20 heavy (non-hydrogen) atoms. The van der Waals surface area contributed by atoms with E-state index in [-0.39, 0.29) is 28.5 Å². The van der Waals surface area contributed by atoms with Crippen molar-refractivity contribution in [3.05, 3.63) is 23.0 Å². The van der Waals surface area contributed by atoms with Crippen molar-refractivity contribution < 1.29 is 18.0 Å². The number of carbonyl (C=O) groups excluding carboxylic acids is 1. The van der Waals surface area contributed by atoms with Crippen molar-refractivity contribution >= 4 is 35.1 Å². The Labute approximate surface area is 117 Å². The number of carbonyl (C=O) groups is 1. The molecular weight excluding hydrogens is 297 g/mol. The van der Waals surface area contributed by atoms with Crippen LogP contribution in [0.25, 0.3) is 0 Å². The fourth-order valence-corrected chi connectivity index (χ4v) is 2.03. The molecule has 0 amide bonds. The van der Waals surface area contributed by atoms with E-state index in [2.05, 4.69) is 5.10 Å². The van der Waals surface area contributed by atoms with Crippen molar-refractivity contribution in [2.75, 3.05) is 10.7 Å². The number of nitrogen functional groups attached to an aromatic ring is 1. The number of anilines is 2. The van der Waals surface area contributed by atoms with E-state index in [1.807, 2.05) is 0 Å². The summed E-state index contributed by atoms with van der Waals surface area (Å²) >= 11 is 5.65. The van der Waals surface area contributed by atoms with Crippen LogP contribution < -0.4 is 10.7 Å². The molecule has 1 aromatic carbocycles. The Balaban J connectivity index is 2.48. The molecular formula is C11H10ClF3N4O. The highest BCUT2D eigenvalue weighted by molar-refractivity contribution is 6.33. The molecule has 1 heterocycles. The van der Waals surface area contributed by atoms with Gasteiger partial charge in [0, 0.05) is 0 Å². The Morgan fingerprint density at radius 3 is 2.70 bits per heavy atom. The van der Waals surface area contributed by atoms with Crippen molar-refractivity contribution in [3.8, 4) is 0 Å². The molecule has 0 saturated heterocycles. The minimum atomic E-state index is -2.94. The summed E-state index contributed by atoms with van der Waals surface area (Å²) in [6, 6.07) is 2.07. The number of rotatable bonds is 3. The van der Waals surface area contributed by atoms with E-state index >= 15 is 0 Å². The number of amidine groups is 1. The zero-order valence-electron chi connectivity index (χ0n) is 10.2. The maximum atomic E-state index is 13.9. The third-order valence-corrected chi connectivity index (χ3v) is 3.13. The van der Waals surface area contributed by atoms with E-state index in [0.29, 0.717) is 4.90 Å². The van der Waals surface area contributed by atoms with E-state index in [1.54, 1.807) is 0 Å². The number of aldehydes is 1. The highest BCUT2D eigenvalue weighted by atomic mass is 35.5. The SMILES string of the molecule is CC1=NN(c2cc(N)c(Cl)cc2F)C(C=O)N1C(F)F. The molecule has 1 unspecified atom stereocenters. The van der Waals surface area contributed by atoms with E-state index in [1.165, 1.54) is 6.92 Å². The molecule has 0 aromatic heterocycles. The number of hydrogen-bond donors (Lipinski definition) is 1. The van der Waals surface area contributed by atoms with Gasteiger partial charge in [0.2, 0.25) is 0 Å². The summed E-state index contributed by atoms with van der Waals surface area (Å²) in [6.07, 6.45) is -1.19. The van der Waals surface area contributed by atoms with Gasteiger partial charge in [-0.05, 0) is 19.1 Å². The van der Waals surface area contributed by atoms with Crippen molar-refractivity contribution in [1.82, 2.24) is 4.90 Å². The summed E-state index contributed by atoms with van der Waals surface area (Å²) in [5.74, 6) is -0.922. The zero-order chi connectivity index (χ0) is 15.0. The van der Waals surface area contributed by atoms with Crippen molar-refractivity contribution in [1.29, 1.82) is 0 Å². The first-order valence-electron chi connectivity index (χ1n) is 5.47. The third kappa shape index (κ3) is 2.26. The van der Waals surface area contributed by atoms with Gasteiger partial charge in [0.15, 0.2) is 12.5 Å². The molecule has 1 aliphatic heterocycles. The second kappa shape index (κ2) is 5.20. The summed E-state index contributed by atoms with van der Waals surface area (Å²) in [7, 11) is 0. The van der Waals surface area contributed by atoms with Gasteiger partial charge < -0.3 is 5.73 Å². The summed E-state index contributed by atoms with van der Waals surface area (Å²) < 4.78 is 39.6. The second-order valence-electron chi connectivity index (χ2n) is 4.05. The van der Waals surface area contributed by atoms with Gasteiger partial charge in [0.1, 0.15) is 17.3 Å². The van der Waals surface area contributed by atoms with Gasteiger partial charge in [-0.2, -0.15) is 13.9 Å². The minimum Gasteiger partial charge on any atom is -0.397 e. The van der Waals surface area contributed by atoms with Gasteiger partial charge in [0.05, 0.1) is 10.7 Å². The number of benzene rings is 1. The van der Waals surface area contributed by atoms with Crippen LogP contribution in [-0.2, 0) is 4.79 Å². The van der Waals surface area contributed by atoms with Gasteiger partial charge in [0.25, 0.3) is 0 Å². The minimum absolute atomic E-state index is 0.0143. The number of nitrogens with two attached hydrogens (primary N) is 1. The largest absolute Gasteiger partial charge is 0.397 e. The first-order chi connectivity index (χ1) is 9.36. The van der Waals surface area contributed by atoms with Crippen molar-refractivity contribution in [2.24, 2.45) is 5.10 Å². The van der Waals surface area contributed by atoms with Crippen LogP contribution in [0.1, 0.15) is 6.92 Å². The second-order valence-corrected chi connectivity index (χ2v) is 4.46. The monoisotopic (exact) mass is 306 g/mol. The Morgan fingerprint density at radius 1 is 1.50 bits per heavy atom. The van der Waals surface area contributed by atoms with E-state index < -0.39 is 18.5 Å². The summed E-state index contributed by atoms with van der Waals surface area (Å²) in [4.78, 5) is 11.5. The van der Waals surface area contributed by atoms with Crippen LogP contribution in [-0.4, -0.2) is 29.7 Å². The van der Waals surface area contributed by atoms with E-state index in [9.17, 15) is 18.0 Å². The lowest BCUT2D eigenvalue weighted by atomic mass is 10.2. The molecule has 0 bridgehead atoms. The average Bonchev–Trinajstić information content (AvgIpc) is 2.70. The Hall–Kier alpha value is -1.96. The van der Waals surface area contributed by atoms with Crippen LogP contribution in [0.4, 0.5) is 24.5 Å². The predicted octanol–water partition coefficient (Wildman–Crippen LogP) is 2.26. The highest BCUT2D eigenvalue weighted by Gasteiger charge is 2.38. The quantitative estimate of drug-likeness (QED) is 0.528. The molecule has 0 saturated carbocycles. The summed E-state index contributed by atoms with van der Waals surface area (Å²) in [5.41, 5.74) is 5.40. The van der Waals surface area contributed by atoms with Gasteiger partial charge in [-0.15, -0.1) is 0 Å². The van der Waals surface area contributed by atoms with Gasteiger partial charge in [-0.3, -0.25) is 9.69 Å². The standard InChI is InChI=1S/C11H10ClF3N4O/c1-5-17-19(10(4-20)18(5)11(14)15)9-3-8(16)6(12)2-7(9)13/h2-4,10-11H,16H2,1H3. The number of alkyl halides is 2. The summed E-state index contributed by atoms with van der Waals surface area (Å²) in [6.45, 7) is -1.65. The number of hydrogen-bond acceptors (Lipinski definition) is 5. The van der Waals surface area contributed by atoms with Crippen LogP contribution in [0.2, 0.25) is 5.02 Å². The topological polar surface area (TPSA) is 61.9 Å². The lowest BCUT2D eigenvalue weighted by Crippen LogP contribution is -2.45. The van der Waals surface area contributed by atoms with Crippen LogP contribution in [0.3, 0.4) is 0 Å². The van der Waals surface area contributed by atoms with Crippen molar-refractivity contribution in [3.63, 3.8) is 0 Å². The van der Waals surface area contributed by atoms with Gasteiger partial charge >= 0.3 is 6.55 Å². The molecule has 1 atom stereocenters. The molecule has 0 spiro atoms. The molecule has 0 fully saturated rings. The Bertz CT molecular complexity index is 581. The van der Waals surface area contributed by atoms with Crippen LogP contribution in [0.5, 0.6) is 0 Å². The highest BCUT2D eigenvalue weighted by Crippen LogP contribution is 2.33. The number of halogens is 4. The van der Waals surface area contributed by atoms with Crippen LogP contribution in [0, 0.1) is 5.82 Å².